The highest BCUT2D eigenvalue weighted by Crippen LogP contribution is 2.33. The molecule has 2 atom stereocenters. The number of hydrogen-bond donors (Lipinski definition) is 1. The lowest BCUT2D eigenvalue weighted by Gasteiger charge is -2.24. The Balaban J connectivity index is 2.16. The van der Waals surface area contributed by atoms with Crippen LogP contribution in [-0.4, -0.2) is 50.7 Å². The quantitative estimate of drug-likeness (QED) is 0.888. The molecule has 0 radical (unpaired) electrons. The molecule has 2 rings (SSSR count). The highest BCUT2D eigenvalue weighted by atomic mass is 16.6. The smallest absolute Gasteiger partial charge is 0.410 e. The molecule has 114 valence electrons. The van der Waals surface area contributed by atoms with Crippen molar-refractivity contribution in [2.24, 2.45) is 5.92 Å². The van der Waals surface area contributed by atoms with Gasteiger partial charge in [0.2, 0.25) is 0 Å². The predicted molar refractivity (Wildman–Crippen MR) is 73.7 cm³/mol. The van der Waals surface area contributed by atoms with E-state index in [0.29, 0.717) is 6.54 Å². The van der Waals surface area contributed by atoms with Crippen molar-refractivity contribution < 1.29 is 19.4 Å². The Morgan fingerprint density at radius 1 is 1.29 bits per heavy atom. The van der Waals surface area contributed by atoms with Crippen LogP contribution in [0.2, 0.25) is 0 Å². The van der Waals surface area contributed by atoms with Gasteiger partial charge in [0, 0.05) is 31.4 Å². The first-order valence-electron chi connectivity index (χ1n) is 6.73. The highest BCUT2D eigenvalue weighted by molar-refractivity contribution is 5.75. The second-order valence-electron chi connectivity index (χ2n) is 6.11. The summed E-state index contributed by atoms with van der Waals surface area (Å²) in [6.07, 6.45) is 4.08. The van der Waals surface area contributed by atoms with Crippen molar-refractivity contribution >= 4 is 12.1 Å². The molecule has 1 aromatic rings. The fourth-order valence-electron chi connectivity index (χ4n) is 2.37. The molecule has 2 unspecified atom stereocenters. The maximum Gasteiger partial charge on any atom is 0.410 e. The van der Waals surface area contributed by atoms with Crippen LogP contribution in [-0.2, 0) is 9.53 Å². The van der Waals surface area contributed by atoms with E-state index in [-0.39, 0.29) is 12.5 Å². The Labute approximate surface area is 123 Å². The van der Waals surface area contributed by atoms with E-state index in [9.17, 15) is 14.7 Å². The number of aliphatic carboxylic acids is 1. The van der Waals surface area contributed by atoms with Gasteiger partial charge in [-0.05, 0) is 26.3 Å². The molecule has 0 bridgehead atoms. The molecule has 0 aromatic carbocycles. The number of carbonyl (C=O) groups excluding carboxylic acids is 1. The van der Waals surface area contributed by atoms with Crippen LogP contribution in [0, 0.1) is 5.92 Å². The molecular weight excluding hydrogens is 274 g/mol. The third kappa shape index (κ3) is 3.68. The molecule has 1 aliphatic rings. The van der Waals surface area contributed by atoms with Gasteiger partial charge >= 0.3 is 12.1 Å². The minimum Gasteiger partial charge on any atom is -0.481 e. The van der Waals surface area contributed by atoms with Crippen molar-refractivity contribution in [2.45, 2.75) is 32.3 Å². The van der Waals surface area contributed by atoms with Crippen LogP contribution in [0.25, 0.3) is 0 Å². The summed E-state index contributed by atoms with van der Waals surface area (Å²) >= 11 is 0. The van der Waals surface area contributed by atoms with Crippen LogP contribution >= 0.6 is 0 Å². The average Bonchev–Trinajstić information content (AvgIpc) is 2.83. The average molecular weight is 293 g/mol. The van der Waals surface area contributed by atoms with Gasteiger partial charge in [-0.3, -0.25) is 4.79 Å². The third-order valence-corrected chi connectivity index (χ3v) is 3.30. The van der Waals surface area contributed by atoms with Crippen molar-refractivity contribution in [1.82, 2.24) is 14.9 Å². The van der Waals surface area contributed by atoms with E-state index in [1.54, 1.807) is 33.2 Å². The van der Waals surface area contributed by atoms with E-state index in [4.69, 9.17) is 4.74 Å². The summed E-state index contributed by atoms with van der Waals surface area (Å²) < 4.78 is 5.30. The van der Waals surface area contributed by atoms with Gasteiger partial charge < -0.3 is 14.7 Å². The summed E-state index contributed by atoms with van der Waals surface area (Å²) in [5.41, 5.74) is 0.111. The Hall–Kier alpha value is -2.18. The molecule has 1 N–H and O–H groups in total. The summed E-state index contributed by atoms with van der Waals surface area (Å²) in [4.78, 5) is 32.8. The molecule has 2 heterocycles. The van der Waals surface area contributed by atoms with Crippen molar-refractivity contribution in [3.63, 3.8) is 0 Å². The molecule has 1 fully saturated rings. The molecule has 0 spiro atoms. The van der Waals surface area contributed by atoms with Crippen molar-refractivity contribution in [3.05, 3.63) is 24.3 Å². The predicted octanol–water partition coefficient (Wildman–Crippen LogP) is 1.51. The number of hydrogen-bond acceptors (Lipinski definition) is 5. The number of nitrogens with zero attached hydrogens (tertiary/aromatic N) is 3. The van der Waals surface area contributed by atoms with Gasteiger partial charge in [-0.25, -0.2) is 14.8 Å². The van der Waals surface area contributed by atoms with Crippen LogP contribution in [0.5, 0.6) is 0 Å². The van der Waals surface area contributed by atoms with Gasteiger partial charge in [0.1, 0.15) is 11.9 Å². The zero-order valence-corrected chi connectivity index (χ0v) is 12.3. The number of carboxylic acids is 1. The maximum atomic E-state index is 12.1. The summed E-state index contributed by atoms with van der Waals surface area (Å²) in [5.74, 6) is -1.94. The van der Waals surface area contributed by atoms with Crippen LogP contribution in [0.4, 0.5) is 4.79 Å². The summed E-state index contributed by atoms with van der Waals surface area (Å²) in [5, 5.41) is 9.36. The van der Waals surface area contributed by atoms with Crippen LogP contribution < -0.4 is 0 Å². The normalized spacial score (nSPS) is 22.1. The molecule has 1 aromatic heterocycles. The molecule has 1 aliphatic heterocycles. The minimum atomic E-state index is -0.935. The zero-order valence-electron chi connectivity index (χ0n) is 12.3. The number of aromatic nitrogens is 2. The van der Waals surface area contributed by atoms with Gasteiger partial charge in [-0.2, -0.15) is 0 Å². The standard InChI is InChI=1S/C14H19N3O4/c1-14(2,3)21-13(20)17-6-10(11(7-17)12(18)19)9-4-15-8-16-5-9/h4-5,8,10-11H,6-7H2,1-3H3,(H,18,19). The van der Waals surface area contributed by atoms with Crippen molar-refractivity contribution in [2.75, 3.05) is 13.1 Å². The Kier molecular flexibility index (Phi) is 4.11. The monoisotopic (exact) mass is 293 g/mol. The Bertz CT molecular complexity index is 527. The zero-order chi connectivity index (χ0) is 15.6. The van der Waals surface area contributed by atoms with Gasteiger partial charge in [-0.15, -0.1) is 0 Å². The highest BCUT2D eigenvalue weighted by Gasteiger charge is 2.42. The fraction of sp³-hybridized carbons (Fsp3) is 0.571. The van der Waals surface area contributed by atoms with E-state index in [1.807, 2.05) is 0 Å². The number of carboxylic acid groups (broad SMARTS) is 1. The van der Waals surface area contributed by atoms with Crippen LogP contribution in [0.1, 0.15) is 32.3 Å². The first kappa shape index (κ1) is 15.2. The number of rotatable bonds is 2. The number of carbonyl (C=O) groups is 2. The molecule has 0 aliphatic carbocycles. The van der Waals surface area contributed by atoms with Gasteiger partial charge in [-0.1, -0.05) is 0 Å². The van der Waals surface area contributed by atoms with E-state index >= 15 is 0 Å². The Morgan fingerprint density at radius 3 is 2.43 bits per heavy atom. The van der Waals surface area contributed by atoms with Crippen molar-refractivity contribution in [1.29, 1.82) is 0 Å². The van der Waals surface area contributed by atoms with Gasteiger partial charge in [0.15, 0.2) is 0 Å². The van der Waals surface area contributed by atoms with E-state index in [0.717, 1.165) is 5.56 Å². The molecule has 21 heavy (non-hydrogen) atoms. The Morgan fingerprint density at radius 2 is 1.90 bits per heavy atom. The molecule has 1 saturated heterocycles. The number of ether oxygens (including phenoxy) is 1. The van der Waals surface area contributed by atoms with E-state index < -0.39 is 23.6 Å². The van der Waals surface area contributed by atoms with E-state index in [1.165, 1.54) is 11.2 Å². The second-order valence-corrected chi connectivity index (χ2v) is 6.11. The maximum absolute atomic E-state index is 12.1. The summed E-state index contributed by atoms with van der Waals surface area (Å²) in [6.45, 7) is 5.75. The van der Waals surface area contributed by atoms with Crippen molar-refractivity contribution in [3.8, 4) is 0 Å². The minimum absolute atomic E-state index is 0.129. The van der Waals surface area contributed by atoms with Crippen LogP contribution in [0.15, 0.2) is 18.7 Å². The first-order chi connectivity index (χ1) is 9.78. The van der Waals surface area contributed by atoms with Gasteiger partial charge in [0.25, 0.3) is 0 Å². The third-order valence-electron chi connectivity index (χ3n) is 3.30. The lowest BCUT2D eigenvalue weighted by molar-refractivity contribution is -0.141. The summed E-state index contributed by atoms with van der Waals surface area (Å²) in [7, 11) is 0. The lowest BCUT2D eigenvalue weighted by Crippen LogP contribution is -2.35. The fourth-order valence-corrected chi connectivity index (χ4v) is 2.37. The van der Waals surface area contributed by atoms with E-state index in [2.05, 4.69) is 9.97 Å². The lowest BCUT2D eigenvalue weighted by atomic mass is 9.91. The van der Waals surface area contributed by atoms with Gasteiger partial charge in [0.05, 0.1) is 5.92 Å². The molecule has 7 heteroatoms. The second kappa shape index (κ2) is 5.67. The number of likely N-dealkylation sites (tertiary alicyclic amines) is 1. The molecule has 1 amide bonds. The molecule has 0 saturated carbocycles. The largest absolute Gasteiger partial charge is 0.481 e. The summed E-state index contributed by atoms with van der Waals surface area (Å²) in [6, 6.07) is 0. The van der Waals surface area contributed by atoms with Crippen LogP contribution in [0.3, 0.4) is 0 Å². The molecular formula is C14H19N3O4. The first-order valence-corrected chi connectivity index (χ1v) is 6.73. The topological polar surface area (TPSA) is 92.6 Å². The SMILES string of the molecule is CC(C)(C)OC(=O)N1CC(C(=O)O)C(c2cncnc2)C1. The number of amides is 1. The molecule has 7 nitrogen and oxygen atoms in total.